The van der Waals surface area contributed by atoms with Gasteiger partial charge in [-0.2, -0.15) is 0 Å². The molecule has 1 aliphatic heterocycles. The van der Waals surface area contributed by atoms with Gasteiger partial charge in [0.15, 0.2) is 0 Å². The van der Waals surface area contributed by atoms with Crippen LogP contribution in [0.1, 0.15) is 216 Å². The average Bonchev–Trinajstić information content (AvgIpc) is 3.61. The second-order valence-electron chi connectivity index (χ2n) is 16.7. The second-order valence-corrected chi connectivity index (χ2v) is 16.7. The Hall–Kier alpha value is -6.61. The number of rotatable bonds is 7. The first-order chi connectivity index (χ1) is 42.1. The first kappa shape index (κ1) is 191. The van der Waals surface area contributed by atoms with Crippen LogP contribution in [0.3, 0.4) is 0 Å². The topological polar surface area (TPSA) is 534 Å². The van der Waals surface area contributed by atoms with Gasteiger partial charge in [-0.1, -0.05) is 269 Å². The maximum atomic E-state index is 10.7. The molecule has 23 nitrogen and oxygen atoms in total. The predicted octanol–water partition coefficient (Wildman–Crippen LogP) is 17.4. The number of allylic oxidation sites excluding steroid dienone is 3. The minimum absolute atomic E-state index is 0. The highest BCUT2D eigenvalue weighted by Crippen LogP contribution is 2.01. The molecular weight excluding hydrogens is 1210 g/mol. The van der Waals surface area contributed by atoms with Gasteiger partial charge in [0, 0.05) is 26.1 Å². The standard InChI is InChI=1S/2C8H10.C7H11NO.4C5H12.C5H8.C4H10.C3H8O.2C2H6.3CH5N.10CH2O.7H3N/c2*1-2-8-6-4-3-5-7-8;1-7(9)8-5-3-2-4-6-8;4*1-4-5(2)3;1-3-5-4-2;1-4(2)3;1-3(2)4;15*1-2;;;;;;;/h2*3-7H,2H2,1H3;2-3H,4-6H2,1H3;4*5H,4H2,1-3H3;3-5H,1H2,2H3;4H,1-3H3;3-4H,1-2H3;2*1-2H3;3*2H2,1H3;10*1H2;7*1H3/b;;;;;;;5-4-;;;;;;;;;;;;;;;;;;;;;;;;. The molecule has 588 valence electrons. The molecule has 1 amide bonds. The molecule has 0 radical (unpaired) electrons. The lowest BCUT2D eigenvalue weighted by molar-refractivity contribution is -0.128. The van der Waals surface area contributed by atoms with Gasteiger partial charge in [0.25, 0.3) is 0 Å². The number of carbonyl (C=O) groups excluding carboxylic acids is 11. The first-order valence-electron chi connectivity index (χ1n) is 29.6. The van der Waals surface area contributed by atoms with Gasteiger partial charge >= 0.3 is 0 Å². The van der Waals surface area contributed by atoms with Gasteiger partial charge in [-0.15, -0.1) is 0 Å². The fraction of sp³-hybridized carbons (Fsp3) is 0.597. The molecule has 0 bridgehead atoms. The first-order valence-corrected chi connectivity index (χ1v) is 29.6. The number of aliphatic hydroxyl groups is 1. The summed E-state index contributed by atoms with van der Waals surface area (Å²) in [5.41, 5.74) is 16.3. The molecule has 2 aromatic carbocycles. The van der Waals surface area contributed by atoms with Crippen LogP contribution in [-0.4, -0.2) is 124 Å². The summed E-state index contributed by atoms with van der Waals surface area (Å²) in [6, 6.07) is 20.9. The maximum Gasteiger partial charge on any atom is 0.219 e. The largest absolute Gasteiger partial charge is 0.394 e. The third-order valence-corrected chi connectivity index (χ3v) is 7.60. The van der Waals surface area contributed by atoms with Gasteiger partial charge in [0.1, 0.15) is 67.9 Å². The number of benzene rings is 2. The Labute approximate surface area is 591 Å². The lowest BCUT2D eigenvalue weighted by Gasteiger charge is -2.20. The number of carbonyl (C=O) groups is 11. The minimum Gasteiger partial charge on any atom is -0.394 e. The normalized spacial score (nSPS) is 7.24. The van der Waals surface area contributed by atoms with Gasteiger partial charge < -0.3 is 118 Å². The van der Waals surface area contributed by atoms with E-state index >= 15 is 0 Å². The van der Waals surface area contributed by atoms with Crippen LogP contribution >= 0.6 is 0 Å². The van der Waals surface area contributed by atoms with Crippen molar-refractivity contribution < 1.29 is 57.8 Å². The second kappa shape index (κ2) is 290. The van der Waals surface area contributed by atoms with E-state index in [1.807, 2.05) is 138 Å². The molecule has 0 aromatic heterocycles. The molecule has 23 heteroatoms. The van der Waals surface area contributed by atoms with Gasteiger partial charge in [0.2, 0.25) is 5.91 Å². The Morgan fingerprint density at radius 3 is 0.663 bits per heavy atom. The van der Waals surface area contributed by atoms with E-state index in [1.54, 1.807) is 26.8 Å². The van der Waals surface area contributed by atoms with Crippen molar-refractivity contribution in [3.05, 3.63) is 109 Å². The summed E-state index contributed by atoms with van der Waals surface area (Å²) in [5, 5.41) is 8.06. The fourth-order valence-corrected chi connectivity index (χ4v) is 2.49. The summed E-state index contributed by atoms with van der Waals surface area (Å²) in [6.45, 7) is 77.6. The molecule has 1 aliphatic rings. The highest BCUT2D eigenvalue weighted by molar-refractivity contribution is 5.73. The molecule has 0 saturated carbocycles. The number of nitrogens with two attached hydrogens (primary N) is 3. The van der Waals surface area contributed by atoms with Crippen LogP contribution in [0.5, 0.6) is 0 Å². The van der Waals surface area contributed by atoms with Crippen LogP contribution in [-0.2, 0) is 65.6 Å². The molecule has 0 saturated heterocycles. The van der Waals surface area contributed by atoms with Gasteiger partial charge in [0.05, 0.1) is 0 Å². The zero-order valence-corrected chi connectivity index (χ0v) is 67.8. The number of aliphatic hydroxyl groups excluding tert-OH is 1. The molecular formula is C72H173N11O12. The molecule has 2 aromatic rings. The number of amides is 1. The van der Waals surface area contributed by atoms with Crippen molar-refractivity contribution in [2.75, 3.05) is 34.2 Å². The zero-order chi connectivity index (χ0) is 76.7. The minimum atomic E-state index is -0.167. The monoisotopic (exact) mass is 1380 g/mol. The van der Waals surface area contributed by atoms with Crippen LogP contribution in [0.2, 0.25) is 0 Å². The van der Waals surface area contributed by atoms with Crippen LogP contribution < -0.4 is 60.3 Å². The van der Waals surface area contributed by atoms with Gasteiger partial charge in [-0.05, 0) is 102 Å². The van der Waals surface area contributed by atoms with Crippen molar-refractivity contribution in [1.82, 2.24) is 48.0 Å². The van der Waals surface area contributed by atoms with E-state index in [1.165, 1.54) is 58.0 Å². The molecule has 0 unspecified atom stereocenters. The number of nitrogens with zero attached hydrogens (tertiary/aromatic N) is 1. The Bertz CT molecular complexity index is 1170. The molecule has 3 rings (SSSR count). The van der Waals surface area contributed by atoms with E-state index in [0.717, 1.165) is 61.9 Å². The summed E-state index contributed by atoms with van der Waals surface area (Å²) in [7, 11) is 4.50. The summed E-state index contributed by atoms with van der Waals surface area (Å²) < 4.78 is 0. The van der Waals surface area contributed by atoms with E-state index in [4.69, 9.17) is 53.1 Å². The fourth-order valence-electron chi connectivity index (χ4n) is 2.49. The van der Waals surface area contributed by atoms with E-state index < -0.39 is 0 Å². The number of hydrogen-bond acceptors (Lipinski definition) is 22. The smallest absolute Gasteiger partial charge is 0.219 e. The van der Waals surface area contributed by atoms with Gasteiger partial charge in [-0.25, -0.2) is 0 Å². The van der Waals surface area contributed by atoms with Crippen molar-refractivity contribution in [3.63, 3.8) is 0 Å². The van der Waals surface area contributed by atoms with E-state index in [2.05, 4.69) is 196 Å². The Morgan fingerprint density at radius 1 is 0.432 bits per heavy atom. The summed E-state index contributed by atoms with van der Waals surface area (Å²) in [4.78, 5) is 92.5. The number of aryl methyl sites for hydroxylation is 2. The molecule has 0 fully saturated rings. The third kappa shape index (κ3) is 509. The predicted molar refractivity (Wildman–Crippen MR) is 430 cm³/mol. The highest BCUT2D eigenvalue weighted by Gasteiger charge is 2.07. The van der Waals surface area contributed by atoms with Crippen molar-refractivity contribution in [1.29, 1.82) is 0 Å². The van der Waals surface area contributed by atoms with Crippen molar-refractivity contribution >= 4 is 73.8 Å². The molecule has 28 N–H and O–H groups in total. The summed E-state index contributed by atoms with van der Waals surface area (Å²) in [5.74, 6) is 4.55. The van der Waals surface area contributed by atoms with Crippen LogP contribution in [0.15, 0.2) is 97.6 Å². The van der Waals surface area contributed by atoms with E-state index in [9.17, 15) is 4.79 Å². The third-order valence-electron chi connectivity index (χ3n) is 7.60. The zero-order valence-electron chi connectivity index (χ0n) is 67.8. The lowest BCUT2D eigenvalue weighted by atomic mass is 10.2. The van der Waals surface area contributed by atoms with Crippen LogP contribution in [0.25, 0.3) is 0 Å². The molecule has 0 spiro atoms. The van der Waals surface area contributed by atoms with E-state index in [-0.39, 0.29) is 55.1 Å². The summed E-state index contributed by atoms with van der Waals surface area (Å²) >= 11 is 0. The molecule has 0 aliphatic carbocycles. The Morgan fingerprint density at radius 2 is 0.600 bits per heavy atom. The molecule has 1 heterocycles. The van der Waals surface area contributed by atoms with Crippen molar-refractivity contribution in [2.45, 2.75) is 224 Å². The Balaban J connectivity index is -0.0000000180. The van der Waals surface area contributed by atoms with Crippen LogP contribution in [0, 0.1) is 29.6 Å². The van der Waals surface area contributed by atoms with E-state index in [0.29, 0.717) is 0 Å². The van der Waals surface area contributed by atoms with Crippen LogP contribution in [0.4, 0.5) is 0 Å². The van der Waals surface area contributed by atoms with Gasteiger partial charge in [-0.3, -0.25) is 4.79 Å². The quantitative estimate of drug-likeness (QED) is 0.0906. The lowest BCUT2D eigenvalue weighted by Crippen LogP contribution is -2.31. The number of hydrogen-bond donors (Lipinski definition) is 11. The summed E-state index contributed by atoms with van der Waals surface area (Å²) in [6.07, 6.45) is 18.1. The molecule has 0 atom stereocenters. The average molecular weight is 1390 g/mol. The SMILES string of the molecule is C=C/C=C\C.C=O.C=O.C=O.C=O.C=O.C=O.C=O.C=O.C=O.C=O.CC.CC.CC(=O)N1CC=CCC1.CC(C)C.CC(C)O.CCC(C)C.CCC(C)C.CCC(C)C.CCC(C)C.CCc1ccccc1.CCc1ccccc1.CN.CN.CN.N.N.N.N.N.N.N. The van der Waals surface area contributed by atoms with Crippen molar-refractivity contribution in [2.24, 2.45) is 46.8 Å². The van der Waals surface area contributed by atoms with Crippen molar-refractivity contribution in [3.8, 4) is 0 Å². The maximum absolute atomic E-state index is 10.7. The highest BCUT2D eigenvalue weighted by atomic mass is 16.3. The Kier molecular flexibility index (Phi) is 585. The molecule has 95 heavy (non-hydrogen) atoms.